The smallest absolute Gasteiger partial charge is 0.253 e. The number of benzene rings is 2. The molecule has 0 radical (unpaired) electrons. The molecule has 4 heteroatoms. The summed E-state index contributed by atoms with van der Waals surface area (Å²) < 4.78 is 0. The van der Waals surface area contributed by atoms with Gasteiger partial charge in [-0.1, -0.05) is 35.9 Å². The topological polar surface area (TPSA) is 36.1 Å². The molecule has 0 spiro atoms. The fourth-order valence-corrected chi connectivity index (χ4v) is 3.73. The summed E-state index contributed by atoms with van der Waals surface area (Å²) in [6.07, 6.45) is 4.33. The van der Waals surface area contributed by atoms with E-state index in [1.54, 1.807) is 12.1 Å². The first-order chi connectivity index (χ1) is 11.6. The highest BCUT2D eigenvalue weighted by molar-refractivity contribution is 6.30. The molecule has 4 rings (SSSR count). The van der Waals surface area contributed by atoms with Crippen LogP contribution >= 0.6 is 11.6 Å². The summed E-state index contributed by atoms with van der Waals surface area (Å²) in [5.74, 6) is 0.0172. The lowest BCUT2D eigenvalue weighted by molar-refractivity contribution is 0.0781. The maximum absolute atomic E-state index is 12.7. The summed E-state index contributed by atoms with van der Waals surface area (Å²) in [4.78, 5) is 17.9. The van der Waals surface area contributed by atoms with Crippen LogP contribution in [-0.2, 0) is 5.41 Å². The normalized spacial score (nSPS) is 15.4. The Labute approximate surface area is 146 Å². The van der Waals surface area contributed by atoms with Gasteiger partial charge in [0.1, 0.15) is 0 Å². The lowest BCUT2D eigenvalue weighted by Gasteiger charge is -2.24. The Morgan fingerprint density at radius 3 is 2.75 bits per heavy atom. The monoisotopic (exact) mass is 338 g/mol. The Bertz CT molecular complexity index is 911. The molecular formula is C20H19ClN2O. The van der Waals surface area contributed by atoms with Crippen molar-refractivity contribution < 1.29 is 4.79 Å². The van der Waals surface area contributed by atoms with Crippen molar-refractivity contribution in [2.75, 3.05) is 13.6 Å². The second kappa shape index (κ2) is 5.67. The van der Waals surface area contributed by atoms with Gasteiger partial charge in [0, 0.05) is 46.7 Å². The van der Waals surface area contributed by atoms with E-state index in [9.17, 15) is 4.79 Å². The lowest BCUT2D eigenvalue weighted by atomic mass is 9.94. The van der Waals surface area contributed by atoms with Crippen molar-refractivity contribution in [2.45, 2.75) is 18.3 Å². The second-order valence-electron chi connectivity index (χ2n) is 6.70. The molecule has 1 aliphatic carbocycles. The van der Waals surface area contributed by atoms with E-state index in [1.165, 1.54) is 10.9 Å². The summed E-state index contributed by atoms with van der Waals surface area (Å²) in [5, 5.41) is 1.85. The van der Waals surface area contributed by atoms with E-state index in [1.807, 2.05) is 30.1 Å². The lowest BCUT2D eigenvalue weighted by Crippen LogP contribution is -2.34. The van der Waals surface area contributed by atoms with Crippen molar-refractivity contribution in [3.8, 4) is 0 Å². The number of likely N-dealkylation sites (N-methyl/N-ethyl adjacent to an activating group) is 1. The molecule has 1 amide bonds. The van der Waals surface area contributed by atoms with Crippen molar-refractivity contribution in [2.24, 2.45) is 0 Å². The van der Waals surface area contributed by atoms with Crippen LogP contribution in [0.4, 0.5) is 0 Å². The molecule has 1 aromatic heterocycles. The van der Waals surface area contributed by atoms with Crippen LogP contribution in [0.5, 0.6) is 0 Å². The molecule has 0 bridgehead atoms. The van der Waals surface area contributed by atoms with Crippen LogP contribution in [0, 0.1) is 0 Å². The zero-order chi connectivity index (χ0) is 16.7. The number of nitrogens with zero attached hydrogens (tertiary/aromatic N) is 1. The van der Waals surface area contributed by atoms with Gasteiger partial charge in [-0.05, 0) is 42.7 Å². The first kappa shape index (κ1) is 15.3. The molecular weight excluding hydrogens is 320 g/mol. The summed E-state index contributed by atoms with van der Waals surface area (Å²) in [6, 6.07) is 15.5. The van der Waals surface area contributed by atoms with Gasteiger partial charge >= 0.3 is 0 Å². The van der Waals surface area contributed by atoms with E-state index in [-0.39, 0.29) is 11.3 Å². The van der Waals surface area contributed by atoms with Crippen LogP contribution in [0.1, 0.15) is 28.8 Å². The van der Waals surface area contributed by atoms with E-state index in [4.69, 9.17) is 11.6 Å². The molecule has 0 aliphatic heterocycles. The highest BCUT2D eigenvalue weighted by atomic mass is 35.5. The van der Waals surface area contributed by atoms with Gasteiger partial charge in [0.2, 0.25) is 0 Å². The van der Waals surface area contributed by atoms with Gasteiger partial charge < -0.3 is 9.88 Å². The number of amides is 1. The Hall–Kier alpha value is -2.26. The predicted molar refractivity (Wildman–Crippen MR) is 97.6 cm³/mol. The Balaban J connectivity index is 1.59. The number of nitrogens with one attached hydrogen (secondary N) is 1. The Morgan fingerprint density at radius 1 is 1.21 bits per heavy atom. The van der Waals surface area contributed by atoms with Crippen LogP contribution in [0.25, 0.3) is 10.9 Å². The van der Waals surface area contributed by atoms with Gasteiger partial charge in [0.15, 0.2) is 0 Å². The molecule has 2 aromatic carbocycles. The minimum Gasteiger partial charge on any atom is -0.361 e. The number of fused-ring (bicyclic) bond motifs is 1. The number of para-hydroxylation sites is 1. The Kier molecular flexibility index (Phi) is 3.61. The summed E-state index contributed by atoms with van der Waals surface area (Å²) in [7, 11) is 1.87. The molecule has 0 atom stereocenters. The fraction of sp³-hybridized carbons (Fsp3) is 0.250. The summed E-state index contributed by atoms with van der Waals surface area (Å²) >= 11 is 6.01. The minimum atomic E-state index is 0.0172. The molecule has 1 fully saturated rings. The van der Waals surface area contributed by atoms with Gasteiger partial charge in [-0.3, -0.25) is 4.79 Å². The SMILES string of the molecule is CN(CC1(c2c[nH]c3ccccc23)CC1)C(=O)c1cccc(Cl)c1. The van der Waals surface area contributed by atoms with Gasteiger partial charge in [-0.2, -0.15) is 0 Å². The molecule has 1 heterocycles. The van der Waals surface area contributed by atoms with Gasteiger partial charge in [0.05, 0.1) is 0 Å². The van der Waals surface area contributed by atoms with E-state index in [0.717, 1.165) is 24.9 Å². The van der Waals surface area contributed by atoms with E-state index in [0.29, 0.717) is 10.6 Å². The molecule has 1 N–H and O–H groups in total. The Morgan fingerprint density at radius 2 is 2.00 bits per heavy atom. The van der Waals surface area contributed by atoms with Gasteiger partial charge in [0.25, 0.3) is 5.91 Å². The third-order valence-electron chi connectivity index (χ3n) is 4.97. The van der Waals surface area contributed by atoms with Crippen molar-refractivity contribution in [3.05, 3.63) is 70.9 Å². The van der Waals surface area contributed by atoms with Gasteiger partial charge in [-0.15, -0.1) is 0 Å². The zero-order valence-electron chi connectivity index (χ0n) is 13.6. The summed E-state index contributed by atoms with van der Waals surface area (Å²) in [6.45, 7) is 0.722. The van der Waals surface area contributed by atoms with E-state index in [2.05, 4.69) is 29.4 Å². The average Bonchev–Trinajstić information content (AvgIpc) is 3.22. The number of carbonyl (C=O) groups excluding carboxylic acids is 1. The molecule has 1 saturated carbocycles. The number of aromatic nitrogens is 1. The largest absolute Gasteiger partial charge is 0.361 e. The predicted octanol–water partition coefficient (Wildman–Crippen LogP) is 4.63. The first-order valence-corrected chi connectivity index (χ1v) is 8.54. The first-order valence-electron chi connectivity index (χ1n) is 8.17. The number of carbonyl (C=O) groups is 1. The molecule has 0 unspecified atom stereocenters. The third-order valence-corrected chi connectivity index (χ3v) is 5.21. The maximum atomic E-state index is 12.7. The van der Waals surface area contributed by atoms with E-state index < -0.39 is 0 Å². The number of hydrogen-bond acceptors (Lipinski definition) is 1. The van der Waals surface area contributed by atoms with Crippen LogP contribution in [0.15, 0.2) is 54.7 Å². The third kappa shape index (κ3) is 2.59. The quantitative estimate of drug-likeness (QED) is 0.740. The highest BCUT2D eigenvalue weighted by Gasteiger charge is 2.47. The minimum absolute atomic E-state index is 0.0172. The number of hydrogen-bond donors (Lipinski definition) is 1. The molecule has 0 saturated heterocycles. The van der Waals surface area contributed by atoms with Crippen molar-refractivity contribution in [1.82, 2.24) is 9.88 Å². The molecule has 122 valence electrons. The number of halogens is 1. The highest BCUT2D eigenvalue weighted by Crippen LogP contribution is 2.50. The fourth-order valence-electron chi connectivity index (χ4n) is 3.54. The van der Waals surface area contributed by atoms with Gasteiger partial charge in [-0.25, -0.2) is 0 Å². The number of aromatic amines is 1. The van der Waals surface area contributed by atoms with E-state index >= 15 is 0 Å². The van der Waals surface area contributed by atoms with Crippen LogP contribution < -0.4 is 0 Å². The second-order valence-corrected chi connectivity index (χ2v) is 7.14. The number of rotatable bonds is 4. The van der Waals surface area contributed by atoms with Crippen molar-refractivity contribution >= 4 is 28.4 Å². The van der Waals surface area contributed by atoms with Crippen LogP contribution in [0.3, 0.4) is 0 Å². The molecule has 3 aromatic rings. The van der Waals surface area contributed by atoms with Crippen molar-refractivity contribution in [1.29, 1.82) is 0 Å². The van der Waals surface area contributed by atoms with Crippen LogP contribution in [0.2, 0.25) is 5.02 Å². The summed E-state index contributed by atoms with van der Waals surface area (Å²) in [5.41, 5.74) is 3.19. The molecule has 3 nitrogen and oxygen atoms in total. The zero-order valence-corrected chi connectivity index (χ0v) is 14.3. The van der Waals surface area contributed by atoms with Crippen molar-refractivity contribution in [3.63, 3.8) is 0 Å². The molecule has 1 aliphatic rings. The number of H-pyrrole nitrogens is 1. The standard InChI is InChI=1S/C20H19ClN2O/c1-23(19(24)14-5-4-6-15(21)11-14)13-20(9-10-20)17-12-22-18-8-3-2-7-16(17)18/h2-8,11-12,22H,9-10,13H2,1H3. The average molecular weight is 339 g/mol. The maximum Gasteiger partial charge on any atom is 0.253 e. The molecule has 24 heavy (non-hydrogen) atoms. The van der Waals surface area contributed by atoms with Crippen LogP contribution in [-0.4, -0.2) is 29.4 Å².